The van der Waals surface area contributed by atoms with Crippen molar-refractivity contribution in [1.29, 1.82) is 0 Å². The Bertz CT molecular complexity index is 329. The number of likely N-dealkylation sites (N-methyl/N-ethyl adjacent to an activating group) is 1. The molecule has 18 heavy (non-hydrogen) atoms. The predicted molar refractivity (Wildman–Crippen MR) is 73.0 cm³/mol. The van der Waals surface area contributed by atoms with E-state index < -0.39 is 0 Å². The SMILES string of the molecule is CNC1CCCCC1OCCOc1ccccc1. The number of hydrogen-bond acceptors (Lipinski definition) is 3. The Balaban J connectivity index is 1.65. The summed E-state index contributed by atoms with van der Waals surface area (Å²) >= 11 is 0. The quantitative estimate of drug-likeness (QED) is 0.786. The van der Waals surface area contributed by atoms with E-state index >= 15 is 0 Å². The van der Waals surface area contributed by atoms with Crippen LogP contribution in [0.5, 0.6) is 5.75 Å². The molecule has 0 radical (unpaired) electrons. The first kappa shape index (κ1) is 13.4. The number of nitrogens with one attached hydrogen (secondary N) is 1. The van der Waals surface area contributed by atoms with E-state index in [4.69, 9.17) is 9.47 Å². The van der Waals surface area contributed by atoms with Gasteiger partial charge in [0.15, 0.2) is 0 Å². The topological polar surface area (TPSA) is 30.5 Å². The molecule has 3 nitrogen and oxygen atoms in total. The lowest BCUT2D eigenvalue weighted by Crippen LogP contribution is -2.42. The molecule has 2 rings (SSSR count). The van der Waals surface area contributed by atoms with Gasteiger partial charge in [0.05, 0.1) is 12.7 Å². The van der Waals surface area contributed by atoms with Gasteiger partial charge in [-0.1, -0.05) is 31.0 Å². The van der Waals surface area contributed by atoms with Crippen molar-refractivity contribution >= 4 is 0 Å². The highest BCUT2D eigenvalue weighted by Gasteiger charge is 2.23. The van der Waals surface area contributed by atoms with Crippen LogP contribution in [-0.4, -0.2) is 32.4 Å². The van der Waals surface area contributed by atoms with Crippen LogP contribution < -0.4 is 10.1 Å². The average molecular weight is 249 g/mol. The Kier molecular flexibility index (Phi) is 5.49. The molecule has 2 unspecified atom stereocenters. The highest BCUT2D eigenvalue weighted by molar-refractivity contribution is 5.20. The Morgan fingerprint density at radius 2 is 1.89 bits per heavy atom. The summed E-state index contributed by atoms with van der Waals surface area (Å²) in [6.45, 7) is 1.29. The third kappa shape index (κ3) is 4.00. The van der Waals surface area contributed by atoms with E-state index in [9.17, 15) is 0 Å². The normalized spacial score (nSPS) is 23.8. The van der Waals surface area contributed by atoms with E-state index in [1.165, 1.54) is 19.3 Å². The zero-order valence-corrected chi connectivity index (χ0v) is 11.1. The first-order valence-corrected chi connectivity index (χ1v) is 6.87. The summed E-state index contributed by atoms with van der Waals surface area (Å²) in [7, 11) is 2.02. The van der Waals surface area contributed by atoms with Crippen LogP contribution in [0.3, 0.4) is 0 Å². The standard InChI is InChI=1S/C15H23NO2/c1-16-14-9-5-6-10-15(14)18-12-11-17-13-7-3-2-4-8-13/h2-4,7-8,14-16H,5-6,9-12H2,1H3. The fourth-order valence-electron chi connectivity index (χ4n) is 2.50. The zero-order valence-electron chi connectivity index (χ0n) is 11.1. The molecule has 0 spiro atoms. The van der Waals surface area contributed by atoms with Crippen molar-refractivity contribution in [3.05, 3.63) is 30.3 Å². The third-order valence-electron chi connectivity index (χ3n) is 3.50. The van der Waals surface area contributed by atoms with Crippen LogP contribution in [0.4, 0.5) is 0 Å². The molecule has 100 valence electrons. The van der Waals surface area contributed by atoms with Gasteiger partial charge < -0.3 is 14.8 Å². The van der Waals surface area contributed by atoms with Crippen molar-refractivity contribution in [2.24, 2.45) is 0 Å². The van der Waals surface area contributed by atoms with Gasteiger partial charge in [0, 0.05) is 6.04 Å². The highest BCUT2D eigenvalue weighted by Crippen LogP contribution is 2.21. The van der Waals surface area contributed by atoms with Gasteiger partial charge in [-0.05, 0) is 32.0 Å². The molecule has 1 aromatic rings. The molecular weight excluding hydrogens is 226 g/mol. The minimum absolute atomic E-state index is 0.350. The molecule has 0 amide bonds. The second-order valence-electron chi connectivity index (χ2n) is 4.75. The van der Waals surface area contributed by atoms with E-state index in [0.29, 0.717) is 25.4 Å². The van der Waals surface area contributed by atoms with Gasteiger partial charge in [-0.3, -0.25) is 0 Å². The van der Waals surface area contributed by atoms with Crippen LogP contribution in [0.15, 0.2) is 30.3 Å². The minimum atomic E-state index is 0.350. The smallest absolute Gasteiger partial charge is 0.119 e. The maximum atomic E-state index is 5.92. The fourth-order valence-corrected chi connectivity index (χ4v) is 2.50. The second-order valence-corrected chi connectivity index (χ2v) is 4.75. The fraction of sp³-hybridized carbons (Fsp3) is 0.600. The van der Waals surface area contributed by atoms with Crippen LogP contribution in [0.2, 0.25) is 0 Å². The van der Waals surface area contributed by atoms with E-state index in [-0.39, 0.29) is 0 Å². The zero-order chi connectivity index (χ0) is 12.6. The molecule has 0 saturated heterocycles. The summed E-state index contributed by atoms with van der Waals surface area (Å²) in [5, 5.41) is 3.35. The number of para-hydroxylation sites is 1. The van der Waals surface area contributed by atoms with Gasteiger partial charge in [-0.15, -0.1) is 0 Å². The van der Waals surface area contributed by atoms with E-state index in [2.05, 4.69) is 5.32 Å². The number of ether oxygens (including phenoxy) is 2. The lowest BCUT2D eigenvalue weighted by atomic mass is 9.92. The maximum absolute atomic E-state index is 5.92. The largest absolute Gasteiger partial charge is 0.491 e. The molecule has 1 aliphatic carbocycles. The molecule has 0 aromatic heterocycles. The van der Waals surface area contributed by atoms with Crippen molar-refractivity contribution in [2.75, 3.05) is 20.3 Å². The second kappa shape index (κ2) is 7.39. The highest BCUT2D eigenvalue weighted by atomic mass is 16.5. The van der Waals surface area contributed by atoms with Crippen molar-refractivity contribution in [1.82, 2.24) is 5.32 Å². The van der Waals surface area contributed by atoms with Crippen LogP contribution in [0.25, 0.3) is 0 Å². The van der Waals surface area contributed by atoms with Crippen molar-refractivity contribution in [3.8, 4) is 5.75 Å². The Morgan fingerprint density at radius 1 is 1.11 bits per heavy atom. The van der Waals surface area contributed by atoms with Gasteiger partial charge in [0.25, 0.3) is 0 Å². The molecule has 0 bridgehead atoms. The van der Waals surface area contributed by atoms with Crippen LogP contribution in [0.1, 0.15) is 25.7 Å². The third-order valence-corrected chi connectivity index (χ3v) is 3.50. The first-order chi connectivity index (χ1) is 8.90. The Hall–Kier alpha value is -1.06. The van der Waals surface area contributed by atoms with Crippen LogP contribution >= 0.6 is 0 Å². The molecule has 0 heterocycles. The lowest BCUT2D eigenvalue weighted by Gasteiger charge is -2.31. The Morgan fingerprint density at radius 3 is 2.67 bits per heavy atom. The lowest BCUT2D eigenvalue weighted by molar-refractivity contribution is -0.00561. The molecule has 1 saturated carbocycles. The molecular formula is C15H23NO2. The van der Waals surface area contributed by atoms with E-state index in [1.54, 1.807) is 0 Å². The summed E-state index contributed by atoms with van der Waals surface area (Å²) in [5.41, 5.74) is 0. The van der Waals surface area contributed by atoms with Gasteiger partial charge in [-0.25, -0.2) is 0 Å². The first-order valence-electron chi connectivity index (χ1n) is 6.87. The molecule has 1 aliphatic rings. The summed E-state index contributed by atoms with van der Waals surface area (Å²) in [4.78, 5) is 0. The van der Waals surface area contributed by atoms with Crippen molar-refractivity contribution < 1.29 is 9.47 Å². The molecule has 1 N–H and O–H groups in total. The van der Waals surface area contributed by atoms with Gasteiger partial charge in [0.2, 0.25) is 0 Å². The Labute approximate surface area is 109 Å². The summed E-state index contributed by atoms with van der Waals surface area (Å²) in [5.74, 6) is 0.912. The summed E-state index contributed by atoms with van der Waals surface area (Å²) in [6.07, 6.45) is 5.33. The van der Waals surface area contributed by atoms with E-state index in [1.807, 2.05) is 37.4 Å². The molecule has 1 aromatic carbocycles. The number of benzene rings is 1. The summed E-state index contributed by atoms with van der Waals surface area (Å²) in [6, 6.07) is 10.4. The van der Waals surface area contributed by atoms with Crippen molar-refractivity contribution in [2.45, 2.75) is 37.8 Å². The average Bonchev–Trinajstić information content (AvgIpc) is 2.45. The predicted octanol–water partition coefficient (Wildman–Crippen LogP) is 2.61. The van der Waals surface area contributed by atoms with E-state index in [0.717, 1.165) is 12.2 Å². The number of hydrogen-bond donors (Lipinski definition) is 1. The minimum Gasteiger partial charge on any atom is -0.491 e. The molecule has 2 atom stereocenters. The van der Waals surface area contributed by atoms with Crippen LogP contribution in [-0.2, 0) is 4.74 Å². The van der Waals surface area contributed by atoms with Gasteiger partial charge >= 0.3 is 0 Å². The van der Waals surface area contributed by atoms with Crippen molar-refractivity contribution in [3.63, 3.8) is 0 Å². The number of rotatable bonds is 6. The molecule has 1 fully saturated rings. The monoisotopic (exact) mass is 249 g/mol. The van der Waals surface area contributed by atoms with Gasteiger partial charge in [-0.2, -0.15) is 0 Å². The molecule has 0 aliphatic heterocycles. The van der Waals surface area contributed by atoms with Gasteiger partial charge in [0.1, 0.15) is 12.4 Å². The maximum Gasteiger partial charge on any atom is 0.119 e. The van der Waals surface area contributed by atoms with Crippen LogP contribution in [0, 0.1) is 0 Å². The summed E-state index contributed by atoms with van der Waals surface area (Å²) < 4.78 is 11.5. The molecule has 3 heteroatoms.